The maximum absolute atomic E-state index is 12.9. The van der Waals surface area contributed by atoms with E-state index in [9.17, 15) is 18.0 Å². The third kappa shape index (κ3) is 5.19. The van der Waals surface area contributed by atoms with Crippen molar-refractivity contribution in [1.29, 1.82) is 0 Å². The molecule has 0 aromatic carbocycles. The summed E-state index contributed by atoms with van der Waals surface area (Å²) in [6, 6.07) is 0.201. The molecule has 3 N–H and O–H groups in total. The summed E-state index contributed by atoms with van der Waals surface area (Å²) in [6.45, 7) is 4.67. The maximum Gasteiger partial charge on any atom is 0.257 e. The number of carbonyl (C=O) groups excluding carboxylic acids is 2. The Morgan fingerprint density at radius 2 is 1.69 bits per heavy atom. The molecular weight excluding hydrogens is 392 g/mol. The standard InChI is InChI=1S/C20H32N4O4S/c1-14-18(20(26)24-12-6-7-13-24)19(15(2)22-14)29(27,28)21-11-10-17(25)23-16-8-4-3-5-9-16/h16,21-22H,3-13H2,1-2H3,(H,23,25). The molecular formula is C20H32N4O4S. The predicted octanol–water partition coefficient (Wildman–Crippen LogP) is 1.98. The van der Waals surface area contributed by atoms with Crippen molar-refractivity contribution in [2.24, 2.45) is 0 Å². The molecule has 2 amide bonds. The fraction of sp³-hybridized carbons (Fsp3) is 0.700. The van der Waals surface area contributed by atoms with Crippen LogP contribution >= 0.6 is 0 Å². The van der Waals surface area contributed by atoms with Crippen molar-refractivity contribution in [1.82, 2.24) is 19.9 Å². The highest BCUT2D eigenvalue weighted by molar-refractivity contribution is 7.89. The van der Waals surface area contributed by atoms with E-state index in [1.165, 1.54) is 6.42 Å². The number of aromatic amines is 1. The summed E-state index contributed by atoms with van der Waals surface area (Å²) in [6.07, 6.45) is 7.38. The minimum absolute atomic E-state index is 0.000381. The predicted molar refractivity (Wildman–Crippen MR) is 110 cm³/mol. The van der Waals surface area contributed by atoms with Crippen molar-refractivity contribution >= 4 is 21.8 Å². The molecule has 1 aliphatic carbocycles. The monoisotopic (exact) mass is 424 g/mol. The molecule has 1 aromatic rings. The molecule has 2 fully saturated rings. The summed E-state index contributed by atoms with van der Waals surface area (Å²) in [4.78, 5) is 29.7. The summed E-state index contributed by atoms with van der Waals surface area (Å²) < 4.78 is 28.4. The zero-order valence-electron chi connectivity index (χ0n) is 17.3. The van der Waals surface area contributed by atoms with Crippen LogP contribution in [0.15, 0.2) is 4.90 Å². The van der Waals surface area contributed by atoms with Crippen LogP contribution in [-0.4, -0.2) is 55.8 Å². The van der Waals surface area contributed by atoms with Crippen molar-refractivity contribution in [2.45, 2.75) is 76.2 Å². The second kappa shape index (κ2) is 9.30. The van der Waals surface area contributed by atoms with Crippen molar-refractivity contribution < 1.29 is 18.0 Å². The highest BCUT2D eigenvalue weighted by Crippen LogP contribution is 2.26. The second-order valence-corrected chi connectivity index (χ2v) is 9.83. The van der Waals surface area contributed by atoms with Gasteiger partial charge in [-0.15, -0.1) is 0 Å². The van der Waals surface area contributed by atoms with Crippen LogP contribution in [-0.2, 0) is 14.8 Å². The number of amides is 2. The number of nitrogens with one attached hydrogen (secondary N) is 3. The number of H-pyrrole nitrogens is 1. The third-order valence-corrected chi connectivity index (χ3v) is 7.44. The van der Waals surface area contributed by atoms with Gasteiger partial charge in [0.1, 0.15) is 4.90 Å². The van der Waals surface area contributed by atoms with E-state index in [1.54, 1.807) is 18.7 Å². The Morgan fingerprint density at radius 1 is 1.03 bits per heavy atom. The van der Waals surface area contributed by atoms with Gasteiger partial charge < -0.3 is 15.2 Å². The Hall–Kier alpha value is -1.87. The first-order chi connectivity index (χ1) is 13.8. The number of sulfonamides is 1. The third-order valence-electron chi connectivity index (χ3n) is 5.81. The van der Waals surface area contributed by atoms with Crippen LogP contribution in [0.4, 0.5) is 0 Å². The number of aromatic nitrogens is 1. The number of hydrogen-bond donors (Lipinski definition) is 3. The zero-order valence-corrected chi connectivity index (χ0v) is 18.2. The van der Waals surface area contributed by atoms with Crippen molar-refractivity contribution in [3.05, 3.63) is 17.0 Å². The molecule has 29 heavy (non-hydrogen) atoms. The number of likely N-dealkylation sites (tertiary alicyclic amines) is 1. The minimum Gasteiger partial charge on any atom is -0.361 e. The fourth-order valence-electron chi connectivity index (χ4n) is 4.35. The Balaban J connectivity index is 1.64. The first-order valence-electron chi connectivity index (χ1n) is 10.6. The van der Waals surface area contributed by atoms with Gasteiger partial charge in [0, 0.05) is 43.5 Å². The van der Waals surface area contributed by atoms with Gasteiger partial charge in [0.25, 0.3) is 5.91 Å². The largest absolute Gasteiger partial charge is 0.361 e. The van der Waals surface area contributed by atoms with E-state index in [2.05, 4.69) is 15.0 Å². The molecule has 1 saturated carbocycles. The SMILES string of the molecule is Cc1[nH]c(C)c(S(=O)(=O)NCCC(=O)NC2CCCCC2)c1C(=O)N1CCCC1. The van der Waals surface area contributed by atoms with Gasteiger partial charge in [0.2, 0.25) is 15.9 Å². The van der Waals surface area contributed by atoms with Gasteiger partial charge in [-0.25, -0.2) is 13.1 Å². The summed E-state index contributed by atoms with van der Waals surface area (Å²) in [5.74, 6) is -0.394. The Labute approximate surface area is 172 Å². The van der Waals surface area contributed by atoms with E-state index >= 15 is 0 Å². The molecule has 0 spiro atoms. The first-order valence-corrected chi connectivity index (χ1v) is 12.1. The summed E-state index contributed by atoms with van der Waals surface area (Å²) >= 11 is 0. The van der Waals surface area contributed by atoms with Crippen LogP contribution in [0.1, 0.15) is 73.1 Å². The molecule has 2 aliphatic rings. The van der Waals surface area contributed by atoms with Gasteiger partial charge in [-0.1, -0.05) is 19.3 Å². The average Bonchev–Trinajstić information content (AvgIpc) is 3.29. The van der Waals surface area contributed by atoms with Crippen LogP contribution in [0, 0.1) is 13.8 Å². The normalized spacial score (nSPS) is 18.2. The molecule has 1 aromatic heterocycles. The number of carbonyl (C=O) groups is 2. The molecule has 9 heteroatoms. The topological polar surface area (TPSA) is 111 Å². The van der Waals surface area contributed by atoms with E-state index in [4.69, 9.17) is 0 Å². The molecule has 0 radical (unpaired) electrons. The number of aryl methyl sites for hydroxylation is 2. The second-order valence-electron chi connectivity index (χ2n) is 8.13. The van der Waals surface area contributed by atoms with Crippen molar-refractivity contribution in [3.63, 3.8) is 0 Å². The lowest BCUT2D eigenvalue weighted by Crippen LogP contribution is -2.38. The highest BCUT2D eigenvalue weighted by atomic mass is 32.2. The lowest BCUT2D eigenvalue weighted by molar-refractivity contribution is -0.121. The number of nitrogens with zero attached hydrogens (tertiary/aromatic N) is 1. The fourth-order valence-corrected chi connectivity index (χ4v) is 5.83. The summed E-state index contributed by atoms with van der Waals surface area (Å²) in [5, 5.41) is 2.99. The molecule has 2 heterocycles. The highest BCUT2D eigenvalue weighted by Gasteiger charge is 2.32. The average molecular weight is 425 g/mol. The van der Waals surface area contributed by atoms with E-state index < -0.39 is 10.0 Å². The van der Waals surface area contributed by atoms with Gasteiger partial charge in [-0.05, 0) is 39.5 Å². The lowest BCUT2D eigenvalue weighted by atomic mass is 9.95. The van der Waals surface area contributed by atoms with E-state index in [1.807, 2.05) is 0 Å². The van der Waals surface area contributed by atoms with Gasteiger partial charge in [0.05, 0.1) is 5.56 Å². The molecule has 3 rings (SSSR count). The zero-order chi connectivity index (χ0) is 21.0. The van der Waals surface area contributed by atoms with E-state index in [-0.39, 0.29) is 41.3 Å². The Morgan fingerprint density at radius 3 is 2.34 bits per heavy atom. The first kappa shape index (κ1) is 21.8. The smallest absolute Gasteiger partial charge is 0.257 e. The van der Waals surface area contributed by atoms with Crippen LogP contribution in [0.2, 0.25) is 0 Å². The Bertz CT molecular complexity index is 850. The van der Waals surface area contributed by atoms with Gasteiger partial charge in [-0.3, -0.25) is 9.59 Å². The quantitative estimate of drug-likeness (QED) is 0.621. The summed E-state index contributed by atoms with van der Waals surface area (Å²) in [5.41, 5.74) is 1.20. The maximum atomic E-state index is 12.9. The minimum atomic E-state index is -3.91. The Kier molecular flexibility index (Phi) is 7.00. The van der Waals surface area contributed by atoms with E-state index in [0.717, 1.165) is 38.5 Å². The summed E-state index contributed by atoms with van der Waals surface area (Å²) in [7, 11) is -3.91. The number of rotatable bonds is 7. The van der Waals surface area contributed by atoms with Crippen LogP contribution in [0.5, 0.6) is 0 Å². The van der Waals surface area contributed by atoms with Gasteiger partial charge in [0.15, 0.2) is 0 Å². The number of hydrogen-bond acceptors (Lipinski definition) is 4. The molecule has 162 valence electrons. The van der Waals surface area contributed by atoms with Gasteiger partial charge in [-0.2, -0.15) is 0 Å². The van der Waals surface area contributed by atoms with Crippen molar-refractivity contribution in [2.75, 3.05) is 19.6 Å². The molecule has 1 aliphatic heterocycles. The molecule has 1 saturated heterocycles. The molecule has 0 atom stereocenters. The van der Waals surface area contributed by atoms with Crippen molar-refractivity contribution in [3.8, 4) is 0 Å². The van der Waals surface area contributed by atoms with Gasteiger partial charge >= 0.3 is 0 Å². The molecule has 0 bridgehead atoms. The molecule has 0 unspecified atom stereocenters. The van der Waals surface area contributed by atoms with Crippen LogP contribution in [0.3, 0.4) is 0 Å². The van der Waals surface area contributed by atoms with Crippen LogP contribution in [0.25, 0.3) is 0 Å². The van der Waals surface area contributed by atoms with Crippen LogP contribution < -0.4 is 10.0 Å². The molecule has 8 nitrogen and oxygen atoms in total. The lowest BCUT2D eigenvalue weighted by Gasteiger charge is -2.22. The van der Waals surface area contributed by atoms with E-state index in [0.29, 0.717) is 24.5 Å².